The molecule has 1 rings (SSSR count). The minimum Gasteiger partial charge on any atom is -0.389 e. The SMILES string of the molecule is COCC(O)CN(C)C(=O)c1ccc(NC(N)=O)cc1. The van der Waals surface area contributed by atoms with E-state index in [1.807, 2.05) is 0 Å². The molecule has 1 aromatic carbocycles. The monoisotopic (exact) mass is 281 g/mol. The number of aliphatic hydroxyl groups excluding tert-OH is 1. The Hall–Kier alpha value is -2.12. The first-order valence-electron chi connectivity index (χ1n) is 6.03. The van der Waals surface area contributed by atoms with Crippen LogP contribution in [0.15, 0.2) is 24.3 Å². The number of hydrogen-bond acceptors (Lipinski definition) is 4. The lowest BCUT2D eigenvalue weighted by Crippen LogP contribution is -2.36. The molecule has 0 bridgehead atoms. The molecule has 0 saturated carbocycles. The summed E-state index contributed by atoms with van der Waals surface area (Å²) < 4.78 is 4.80. The van der Waals surface area contributed by atoms with E-state index < -0.39 is 12.1 Å². The zero-order chi connectivity index (χ0) is 15.1. The van der Waals surface area contributed by atoms with Crippen molar-refractivity contribution < 1.29 is 19.4 Å². The summed E-state index contributed by atoms with van der Waals surface area (Å²) in [6, 6.07) is 5.65. The van der Waals surface area contributed by atoms with E-state index in [-0.39, 0.29) is 19.1 Å². The average Bonchev–Trinajstić information content (AvgIpc) is 2.38. The summed E-state index contributed by atoms with van der Waals surface area (Å²) in [5, 5.41) is 12.0. The van der Waals surface area contributed by atoms with E-state index in [1.54, 1.807) is 31.3 Å². The third kappa shape index (κ3) is 4.87. The van der Waals surface area contributed by atoms with Crippen LogP contribution in [-0.2, 0) is 4.74 Å². The number of nitrogens with one attached hydrogen (secondary N) is 1. The van der Waals surface area contributed by atoms with Gasteiger partial charge in [0.05, 0.1) is 12.7 Å². The minimum absolute atomic E-state index is 0.166. The molecule has 0 aliphatic rings. The largest absolute Gasteiger partial charge is 0.389 e. The van der Waals surface area contributed by atoms with Gasteiger partial charge in [-0.3, -0.25) is 4.79 Å². The van der Waals surface area contributed by atoms with Gasteiger partial charge in [-0.2, -0.15) is 0 Å². The highest BCUT2D eigenvalue weighted by atomic mass is 16.5. The number of methoxy groups -OCH3 is 1. The number of ether oxygens (including phenoxy) is 1. The van der Waals surface area contributed by atoms with Gasteiger partial charge in [0.15, 0.2) is 0 Å². The van der Waals surface area contributed by atoms with Gasteiger partial charge in [-0.15, -0.1) is 0 Å². The maximum absolute atomic E-state index is 12.1. The second kappa shape index (κ2) is 7.46. The van der Waals surface area contributed by atoms with Gasteiger partial charge in [0, 0.05) is 32.0 Å². The molecule has 0 heterocycles. The molecule has 7 heteroatoms. The summed E-state index contributed by atoms with van der Waals surface area (Å²) in [6.07, 6.45) is -0.732. The van der Waals surface area contributed by atoms with Gasteiger partial charge < -0.3 is 25.8 Å². The molecule has 3 amide bonds. The molecule has 0 saturated heterocycles. The Morgan fingerprint density at radius 1 is 1.40 bits per heavy atom. The molecule has 0 fully saturated rings. The Labute approximate surface area is 117 Å². The van der Waals surface area contributed by atoms with Crippen LogP contribution < -0.4 is 11.1 Å². The van der Waals surface area contributed by atoms with E-state index in [1.165, 1.54) is 12.0 Å². The second-order valence-electron chi connectivity index (χ2n) is 4.36. The van der Waals surface area contributed by atoms with Gasteiger partial charge in [0.1, 0.15) is 0 Å². The minimum atomic E-state index is -0.732. The number of urea groups is 1. The van der Waals surface area contributed by atoms with Crippen LogP contribution in [0.4, 0.5) is 10.5 Å². The predicted molar refractivity (Wildman–Crippen MR) is 74.5 cm³/mol. The van der Waals surface area contributed by atoms with Gasteiger partial charge >= 0.3 is 6.03 Å². The number of primary amides is 1. The maximum Gasteiger partial charge on any atom is 0.316 e. The molecule has 0 aliphatic heterocycles. The third-order valence-corrected chi connectivity index (χ3v) is 2.59. The van der Waals surface area contributed by atoms with Crippen molar-refractivity contribution in [1.29, 1.82) is 0 Å². The van der Waals surface area contributed by atoms with Crippen molar-refractivity contribution in [2.45, 2.75) is 6.10 Å². The molecule has 0 aromatic heterocycles. The smallest absolute Gasteiger partial charge is 0.316 e. The van der Waals surface area contributed by atoms with Crippen molar-refractivity contribution in [3.05, 3.63) is 29.8 Å². The topological polar surface area (TPSA) is 105 Å². The third-order valence-electron chi connectivity index (χ3n) is 2.59. The highest BCUT2D eigenvalue weighted by Crippen LogP contribution is 2.11. The molecular formula is C13H19N3O4. The molecule has 1 unspecified atom stereocenters. The Morgan fingerprint density at radius 3 is 2.50 bits per heavy atom. The summed E-state index contributed by atoms with van der Waals surface area (Å²) in [7, 11) is 3.08. The second-order valence-corrected chi connectivity index (χ2v) is 4.36. The number of aliphatic hydroxyl groups is 1. The number of amides is 3. The molecule has 4 N–H and O–H groups in total. The van der Waals surface area contributed by atoms with Crippen LogP contribution in [0, 0.1) is 0 Å². The molecule has 20 heavy (non-hydrogen) atoms. The number of nitrogens with two attached hydrogens (primary N) is 1. The van der Waals surface area contributed by atoms with Crippen molar-refractivity contribution in [2.24, 2.45) is 5.73 Å². The number of benzene rings is 1. The van der Waals surface area contributed by atoms with Crippen LogP contribution in [0.5, 0.6) is 0 Å². The number of likely N-dealkylation sites (N-methyl/N-ethyl adjacent to an activating group) is 1. The Balaban J connectivity index is 2.64. The summed E-state index contributed by atoms with van der Waals surface area (Å²) in [5.41, 5.74) is 5.95. The number of hydrogen-bond donors (Lipinski definition) is 3. The molecule has 7 nitrogen and oxygen atoms in total. The van der Waals surface area contributed by atoms with Crippen LogP contribution >= 0.6 is 0 Å². The highest BCUT2D eigenvalue weighted by molar-refractivity contribution is 5.95. The lowest BCUT2D eigenvalue weighted by molar-refractivity contribution is 0.0380. The number of rotatable bonds is 6. The fourth-order valence-corrected chi connectivity index (χ4v) is 1.70. The number of anilines is 1. The van der Waals surface area contributed by atoms with Crippen LogP contribution in [0.3, 0.4) is 0 Å². The van der Waals surface area contributed by atoms with Crippen molar-refractivity contribution in [3.63, 3.8) is 0 Å². The van der Waals surface area contributed by atoms with Crippen molar-refractivity contribution in [1.82, 2.24) is 4.90 Å². The standard InChI is InChI=1S/C13H19N3O4/c1-16(7-11(17)8-20-2)12(18)9-3-5-10(6-4-9)15-13(14)19/h3-6,11,17H,7-8H2,1-2H3,(H3,14,15,19). The summed E-state index contributed by atoms with van der Waals surface area (Å²) in [6.45, 7) is 0.340. The molecule has 0 radical (unpaired) electrons. The highest BCUT2D eigenvalue weighted by Gasteiger charge is 2.15. The van der Waals surface area contributed by atoms with Gasteiger partial charge in [0.2, 0.25) is 0 Å². The maximum atomic E-state index is 12.1. The lowest BCUT2D eigenvalue weighted by atomic mass is 10.1. The van der Waals surface area contributed by atoms with Gasteiger partial charge in [0.25, 0.3) is 5.91 Å². The zero-order valence-corrected chi connectivity index (χ0v) is 11.5. The molecule has 0 spiro atoms. The summed E-state index contributed by atoms with van der Waals surface area (Å²) in [4.78, 5) is 24.2. The lowest BCUT2D eigenvalue weighted by Gasteiger charge is -2.20. The molecule has 1 atom stereocenters. The number of carbonyl (C=O) groups is 2. The average molecular weight is 281 g/mol. The van der Waals surface area contributed by atoms with Crippen molar-refractivity contribution in [2.75, 3.05) is 32.6 Å². The number of carbonyl (C=O) groups excluding carboxylic acids is 2. The first-order chi connectivity index (χ1) is 9.43. The van der Waals surface area contributed by atoms with Crippen molar-refractivity contribution >= 4 is 17.6 Å². The Bertz CT molecular complexity index is 461. The predicted octanol–water partition coefficient (Wildman–Crippen LogP) is 0.256. The fraction of sp³-hybridized carbons (Fsp3) is 0.385. The number of nitrogens with zero attached hydrogens (tertiary/aromatic N) is 1. The first kappa shape index (κ1) is 15.9. The molecule has 110 valence electrons. The van der Waals surface area contributed by atoms with Gasteiger partial charge in [-0.25, -0.2) is 4.79 Å². The van der Waals surface area contributed by atoms with E-state index in [9.17, 15) is 14.7 Å². The fourth-order valence-electron chi connectivity index (χ4n) is 1.70. The van der Waals surface area contributed by atoms with Crippen LogP contribution in [0.25, 0.3) is 0 Å². The molecule has 1 aromatic rings. The Morgan fingerprint density at radius 2 is 2.00 bits per heavy atom. The van der Waals surface area contributed by atoms with E-state index in [4.69, 9.17) is 10.5 Å². The zero-order valence-electron chi connectivity index (χ0n) is 11.5. The first-order valence-corrected chi connectivity index (χ1v) is 6.03. The molecular weight excluding hydrogens is 262 g/mol. The van der Waals surface area contributed by atoms with Crippen LogP contribution in [0.1, 0.15) is 10.4 Å². The normalized spacial score (nSPS) is 11.8. The summed E-state index contributed by atoms with van der Waals surface area (Å²) >= 11 is 0. The van der Waals surface area contributed by atoms with Gasteiger partial charge in [-0.1, -0.05) is 0 Å². The quantitative estimate of drug-likeness (QED) is 0.695. The van der Waals surface area contributed by atoms with E-state index >= 15 is 0 Å². The van der Waals surface area contributed by atoms with Crippen LogP contribution in [-0.4, -0.2) is 55.4 Å². The van der Waals surface area contributed by atoms with E-state index in [2.05, 4.69) is 5.32 Å². The van der Waals surface area contributed by atoms with Crippen molar-refractivity contribution in [3.8, 4) is 0 Å². The summed E-state index contributed by atoms with van der Waals surface area (Å²) in [5.74, 6) is -0.231. The molecule has 0 aliphatic carbocycles. The van der Waals surface area contributed by atoms with Crippen LogP contribution in [0.2, 0.25) is 0 Å². The Kier molecular flexibility index (Phi) is 5.95. The van der Waals surface area contributed by atoms with E-state index in [0.717, 1.165) is 0 Å². The van der Waals surface area contributed by atoms with Gasteiger partial charge in [-0.05, 0) is 24.3 Å². The van der Waals surface area contributed by atoms with E-state index in [0.29, 0.717) is 11.3 Å².